The Balaban J connectivity index is 0.00000288. The van der Waals surface area contributed by atoms with Crippen molar-refractivity contribution in [2.45, 2.75) is 19.8 Å². The molecule has 1 saturated heterocycles. The van der Waals surface area contributed by atoms with E-state index in [1.807, 2.05) is 0 Å². The molecule has 9 heteroatoms. The van der Waals surface area contributed by atoms with Crippen molar-refractivity contribution < 1.29 is 19.4 Å². The Bertz CT molecular complexity index is 533. The minimum atomic E-state index is -0.751. The van der Waals surface area contributed by atoms with Crippen LogP contribution in [0.1, 0.15) is 30.1 Å². The van der Waals surface area contributed by atoms with Crippen LogP contribution >= 0.6 is 12.4 Å². The van der Waals surface area contributed by atoms with E-state index in [1.165, 1.54) is 12.4 Å². The number of piperazine rings is 1. The lowest BCUT2D eigenvalue weighted by molar-refractivity contribution is -0.137. The zero-order valence-corrected chi connectivity index (χ0v) is 14.5. The predicted octanol–water partition coefficient (Wildman–Crippen LogP) is 1.06. The van der Waals surface area contributed by atoms with Gasteiger partial charge in [0.05, 0.1) is 12.2 Å². The highest BCUT2D eigenvalue weighted by Crippen LogP contribution is 2.12. The highest BCUT2D eigenvalue weighted by atomic mass is 35.5. The van der Waals surface area contributed by atoms with Gasteiger partial charge < -0.3 is 14.7 Å². The highest BCUT2D eigenvalue weighted by Gasteiger charge is 2.19. The van der Waals surface area contributed by atoms with Crippen molar-refractivity contribution in [1.29, 1.82) is 0 Å². The number of hydrogen-bond donors (Lipinski definition) is 1. The second-order valence-corrected chi connectivity index (χ2v) is 5.32. The second-order valence-electron chi connectivity index (χ2n) is 5.32. The van der Waals surface area contributed by atoms with Crippen molar-refractivity contribution in [3.05, 3.63) is 18.0 Å². The van der Waals surface area contributed by atoms with Crippen LogP contribution in [0.3, 0.4) is 0 Å². The maximum absolute atomic E-state index is 11.6. The number of ether oxygens (including phenoxy) is 1. The van der Waals surface area contributed by atoms with E-state index in [1.54, 1.807) is 6.92 Å². The molecule has 0 unspecified atom stereocenters. The fraction of sp³-hybridized carbons (Fsp3) is 0.600. The number of aliphatic carboxylic acids is 1. The van der Waals surface area contributed by atoms with Crippen molar-refractivity contribution >= 4 is 30.3 Å². The van der Waals surface area contributed by atoms with Crippen LogP contribution < -0.4 is 4.90 Å². The number of carbonyl (C=O) groups excluding carboxylic acids is 1. The second kappa shape index (κ2) is 10.0. The van der Waals surface area contributed by atoms with E-state index in [0.717, 1.165) is 32.7 Å². The molecule has 0 radical (unpaired) electrons. The highest BCUT2D eigenvalue weighted by molar-refractivity contribution is 5.88. The Kier molecular flexibility index (Phi) is 8.42. The van der Waals surface area contributed by atoms with Crippen molar-refractivity contribution in [3.63, 3.8) is 0 Å². The molecular weight excluding hydrogens is 336 g/mol. The SMILES string of the molecule is CCOC(=O)c1cnc(N2CCN(CCCC(=O)O)CC2)nc1.Cl. The van der Waals surface area contributed by atoms with Gasteiger partial charge in [0.25, 0.3) is 0 Å². The number of esters is 1. The molecule has 1 fully saturated rings. The first kappa shape index (κ1) is 20.1. The van der Waals surface area contributed by atoms with Gasteiger partial charge in [0, 0.05) is 45.0 Å². The van der Waals surface area contributed by atoms with Gasteiger partial charge in [-0.1, -0.05) is 0 Å². The molecule has 1 aromatic heterocycles. The van der Waals surface area contributed by atoms with E-state index in [-0.39, 0.29) is 18.8 Å². The maximum atomic E-state index is 11.6. The van der Waals surface area contributed by atoms with Crippen LogP contribution in [0, 0.1) is 0 Å². The molecule has 0 amide bonds. The number of anilines is 1. The average Bonchev–Trinajstić information content (AvgIpc) is 2.55. The van der Waals surface area contributed by atoms with Gasteiger partial charge in [-0.2, -0.15) is 0 Å². The van der Waals surface area contributed by atoms with Gasteiger partial charge in [-0.15, -0.1) is 12.4 Å². The summed E-state index contributed by atoms with van der Waals surface area (Å²) in [5.41, 5.74) is 0.350. The Morgan fingerprint density at radius 3 is 2.38 bits per heavy atom. The van der Waals surface area contributed by atoms with Crippen molar-refractivity contribution in [1.82, 2.24) is 14.9 Å². The van der Waals surface area contributed by atoms with Crippen LogP contribution in [0.5, 0.6) is 0 Å². The van der Waals surface area contributed by atoms with Crippen LogP contribution in [0.15, 0.2) is 12.4 Å². The van der Waals surface area contributed by atoms with Gasteiger partial charge in [-0.05, 0) is 19.9 Å². The monoisotopic (exact) mass is 358 g/mol. The molecule has 0 aliphatic carbocycles. The lowest BCUT2D eigenvalue weighted by Gasteiger charge is -2.34. The molecule has 8 nitrogen and oxygen atoms in total. The van der Waals surface area contributed by atoms with Gasteiger partial charge in [-0.25, -0.2) is 14.8 Å². The predicted molar refractivity (Wildman–Crippen MR) is 90.8 cm³/mol. The summed E-state index contributed by atoms with van der Waals surface area (Å²) in [6.07, 6.45) is 3.85. The number of hydrogen-bond acceptors (Lipinski definition) is 7. The van der Waals surface area contributed by atoms with Crippen molar-refractivity contribution in [2.24, 2.45) is 0 Å². The molecule has 1 aromatic rings. The Labute approximate surface area is 147 Å². The fourth-order valence-electron chi connectivity index (χ4n) is 2.43. The number of carboxylic acids is 1. The van der Waals surface area contributed by atoms with Crippen LogP contribution in [-0.4, -0.2) is 71.2 Å². The molecule has 0 bridgehead atoms. The van der Waals surface area contributed by atoms with Crippen molar-refractivity contribution in [3.8, 4) is 0 Å². The zero-order chi connectivity index (χ0) is 16.7. The van der Waals surface area contributed by atoms with E-state index in [9.17, 15) is 9.59 Å². The number of rotatable bonds is 7. The number of carboxylic acid groups (broad SMARTS) is 1. The lowest BCUT2D eigenvalue weighted by atomic mass is 10.2. The van der Waals surface area contributed by atoms with Gasteiger partial charge in [0.15, 0.2) is 0 Å². The topological polar surface area (TPSA) is 95.9 Å². The summed E-state index contributed by atoms with van der Waals surface area (Å²) in [5.74, 6) is -0.566. The molecule has 134 valence electrons. The molecule has 1 N–H and O–H groups in total. The molecule has 1 aliphatic heterocycles. The van der Waals surface area contributed by atoms with Gasteiger partial charge in [-0.3, -0.25) is 9.69 Å². The summed E-state index contributed by atoms with van der Waals surface area (Å²) in [5, 5.41) is 8.65. The van der Waals surface area contributed by atoms with Crippen molar-refractivity contribution in [2.75, 3.05) is 44.2 Å². The largest absolute Gasteiger partial charge is 0.481 e. The summed E-state index contributed by atoms with van der Waals surface area (Å²) in [7, 11) is 0. The third-order valence-corrected chi connectivity index (χ3v) is 3.67. The normalized spacial score (nSPS) is 14.8. The molecule has 2 heterocycles. The number of halogens is 1. The van der Waals surface area contributed by atoms with E-state index in [0.29, 0.717) is 24.5 Å². The standard InChI is InChI=1S/C15H22N4O4.ClH/c1-2-23-14(22)12-10-16-15(17-11-12)19-8-6-18(7-9-19)5-3-4-13(20)21;/h10-11H,2-9H2,1H3,(H,20,21);1H. The molecule has 1 aliphatic rings. The first-order valence-electron chi connectivity index (χ1n) is 7.78. The number of carbonyl (C=O) groups is 2. The van der Waals surface area contributed by atoms with Crippen LogP contribution in [-0.2, 0) is 9.53 Å². The summed E-state index contributed by atoms with van der Waals surface area (Å²) in [6, 6.07) is 0. The number of aromatic nitrogens is 2. The van der Waals surface area contributed by atoms with Gasteiger partial charge in [0.1, 0.15) is 0 Å². The fourth-order valence-corrected chi connectivity index (χ4v) is 2.43. The average molecular weight is 359 g/mol. The summed E-state index contributed by atoms with van der Waals surface area (Å²) in [4.78, 5) is 34.8. The van der Waals surface area contributed by atoms with E-state index >= 15 is 0 Å². The summed E-state index contributed by atoms with van der Waals surface area (Å²) in [6.45, 7) is 6.14. The molecule has 2 rings (SSSR count). The molecule has 0 spiro atoms. The Morgan fingerprint density at radius 2 is 1.83 bits per heavy atom. The Morgan fingerprint density at radius 1 is 1.21 bits per heavy atom. The quantitative estimate of drug-likeness (QED) is 0.723. The number of nitrogens with zero attached hydrogens (tertiary/aromatic N) is 4. The van der Waals surface area contributed by atoms with E-state index in [2.05, 4.69) is 19.8 Å². The summed E-state index contributed by atoms with van der Waals surface area (Å²) < 4.78 is 4.90. The first-order chi connectivity index (χ1) is 11.1. The summed E-state index contributed by atoms with van der Waals surface area (Å²) >= 11 is 0. The lowest BCUT2D eigenvalue weighted by Crippen LogP contribution is -2.47. The molecule has 0 saturated carbocycles. The zero-order valence-electron chi connectivity index (χ0n) is 13.7. The van der Waals surface area contributed by atoms with Gasteiger partial charge in [0.2, 0.25) is 5.95 Å². The van der Waals surface area contributed by atoms with Crippen LogP contribution in [0.2, 0.25) is 0 Å². The van der Waals surface area contributed by atoms with E-state index < -0.39 is 11.9 Å². The van der Waals surface area contributed by atoms with E-state index in [4.69, 9.17) is 9.84 Å². The third-order valence-electron chi connectivity index (χ3n) is 3.67. The smallest absolute Gasteiger partial charge is 0.341 e. The molecule has 24 heavy (non-hydrogen) atoms. The van der Waals surface area contributed by atoms with Gasteiger partial charge >= 0.3 is 11.9 Å². The van der Waals surface area contributed by atoms with Crippen LogP contribution in [0.4, 0.5) is 5.95 Å². The first-order valence-corrected chi connectivity index (χ1v) is 7.78. The minimum Gasteiger partial charge on any atom is -0.481 e. The Hall–Kier alpha value is -1.93. The third kappa shape index (κ3) is 5.93. The minimum absolute atomic E-state index is 0. The maximum Gasteiger partial charge on any atom is 0.341 e. The molecule has 0 aromatic carbocycles. The molecular formula is C15H23ClN4O4. The van der Waals surface area contributed by atoms with Crippen LogP contribution in [0.25, 0.3) is 0 Å². The molecule has 0 atom stereocenters.